The zero-order valence-corrected chi connectivity index (χ0v) is 10.9. The lowest BCUT2D eigenvalue weighted by molar-refractivity contribution is 0.412. The normalized spacial score (nSPS) is 21.8. The molecule has 0 radical (unpaired) electrons. The van der Waals surface area contributed by atoms with E-state index in [1.165, 1.54) is 36.8 Å². The highest BCUT2D eigenvalue weighted by Gasteiger charge is 2.22. The Balaban J connectivity index is 1.65. The topological polar surface area (TPSA) is 51.0 Å². The Labute approximate surface area is 112 Å². The number of rotatable bonds is 2. The van der Waals surface area contributed by atoms with Crippen molar-refractivity contribution in [3.05, 3.63) is 35.2 Å². The predicted molar refractivity (Wildman–Crippen MR) is 71.7 cm³/mol. The Morgan fingerprint density at radius 3 is 3.00 bits per heavy atom. The summed E-state index contributed by atoms with van der Waals surface area (Å²) in [6.45, 7) is 1.05. The molecule has 98 valence electrons. The highest BCUT2D eigenvalue weighted by Crippen LogP contribution is 2.28. The minimum Gasteiger partial charge on any atom is -0.334 e. The Kier molecular flexibility index (Phi) is 2.62. The molecule has 0 bridgehead atoms. The summed E-state index contributed by atoms with van der Waals surface area (Å²) >= 11 is 0. The van der Waals surface area contributed by atoms with E-state index in [9.17, 15) is 0 Å². The van der Waals surface area contributed by atoms with Crippen LogP contribution in [0.5, 0.6) is 0 Å². The van der Waals surface area contributed by atoms with E-state index in [-0.39, 0.29) is 6.04 Å². The molecule has 1 unspecified atom stereocenters. The largest absolute Gasteiger partial charge is 0.334 e. The molecule has 1 aliphatic carbocycles. The maximum atomic E-state index is 5.42. The minimum absolute atomic E-state index is 0.270. The van der Waals surface area contributed by atoms with Gasteiger partial charge in [0.25, 0.3) is 5.89 Å². The van der Waals surface area contributed by atoms with Gasteiger partial charge in [0.1, 0.15) is 0 Å². The van der Waals surface area contributed by atoms with Gasteiger partial charge in [0.2, 0.25) is 0 Å². The van der Waals surface area contributed by atoms with Crippen molar-refractivity contribution in [1.82, 2.24) is 15.5 Å². The molecule has 0 amide bonds. The Morgan fingerprint density at radius 1 is 1.16 bits per heavy atom. The Hall–Kier alpha value is -1.68. The summed E-state index contributed by atoms with van der Waals surface area (Å²) in [4.78, 5) is 4.55. The number of fused-ring (bicyclic) bond motifs is 1. The van der Waals surface area contributed by atoms with Gasteiger partial charge in [-0.3, -0.25) is 0 Å². The molecule has 1 fully saturated rings. The molecule has 4 heteroatoms. The van der Waals surface area contributed by atoms with Crippen molar-refractivity contribution < 1.29 is 4.52 Å². The second-order valence-corrected chi connectivity index (χ2v) is 5.44. The third-order valence-corrected chi connectivity index (χ3v) is 4.16. The van der Waals surface area contributed by atoms with Crippen LogP contribution < -0.4 is 5.32 Å². The summed E-state index contributed by atoms with van der Waals surface area (Å²) in [5.41, 5.74) is 3.97. The van der Waals surface area contributed by atoms with Crippen LogP contribution >= 0.6 is 0 Å². The van der Waals surface area contributed by atoms with Crippen LogP contribution in [0.15, 0.2) is 22.7 Å². The molecule has 2 aromatic rings. The van der Waals surface area contributed by atoms with Crippen LogP contribution in [0.25, 0.3) is 11.5 Å². The van der Waals surface area contributed by atoms with Gasteiger partial charge >= 0.3 is 0 Å². The summed E-state index contributed by atoms with van der Waals surface area (Å²) < 4.78 is 5.42. The summed E-state index contributed by atoms with van der Waals surface area (Å²) in [5, 5.41) is 7.51. The van der Waals surface area contributed by atoms with Crippen LogP contribution in [0.2, 0.25) is 0 Å². The zero-order valence-electron chi connectivity index (χ0n) is 10.9. The molecule has 2 heterocycles. The lowest BCUT2D eigenvalue weighted by atomic mass is 10.1. The monoisotopic (exact) mass is 255 g/mol. The highest BCUT2D eigenvalue weighted by atomic mass is 16.5. The minimum atomic E-state index is 0.270. The van der Waals surface area contributed by atoms with E-state index < -0.39 is 0 Å². The predicted octanol–water partition coefficient (Wildman–Crippen LogP) is 2.65. The number of hydrogen-bond donors (Lipinski definition) is 1. The fourth-order valence-corrected chi connectivity index (χ4v) is 3.10. The molecular weight excluding hydrogens is 238 g/mol. The lowest BCUT2D eigenvalue weighted by Crippen LogP contribution is -2.14. The summed E-state index contributed by atoms with van der Waals surface area (Å²) in [6, 6.07) is 6.78. The average Bonchev–Trinajstić information content (AvgIpc) is 3.18. The van der Waals surface area contributed by atoms with Gasteiger partial charge in [-0.25, -0.2) is 0 Å². The molecule has 0 spiro atoms. The van der Waals surface area contributed by atoms with Crippen molar-refractivity contribution in [3.63, 3.8) is 0 Å². The average molecular weight is 255 g/mol. The second-order valence-electron chi connectivity index (χ2n) is 5.44. The molecule has 0 saturated carbocycles. The second kappa shape index (κ2) is 4.46. The van der Waals surface area contributed by atoms with E-state index in [2.05, 4.69) is 33.7 Å². The van der Waals surface area contributed by atoms with Crippen molar-refractivity contribution in [3.8, 4) is 11.5 Å². The van der Waals surface area contributed by atoms with Gasteiger partial charge in [0.15, 0.2) is 5.82 Å². The number of benzene rings is 1. The number of aryl methyl sites for hydroxylation is 2. The maximum Gasteiger partial charge on any atom is 0.257 e. The van der Waals surface area contributed by atoms with Crippen LogP contribution in [0.1, 0.15) is 42.3 Å². The SMILES string of the molecule is c1cc2c(cc1-c1nc(C3CCCN3)no1)CCC2. The van der Waals surface area contributed by atoms with Crippen LogP contribution in [0.4, 0.5) is 0 Å². The molecule has 4 rings (SSSR count). The van der Waals surface area contributed by atoms with Gasteiger partial charge < -0.3 is 9.84 Å². The molecule has 1 atom stereocenters. The van der Waals surface area contributed by atoms with Gasteiger partial charge in [0, 0.05) is 5.56 Å². The fourth-order valence-electron chi connectivity index (χ4n) is 3.10. The van der Waals surface area contributed by atoms with Crippen molar-refractivity contribution in [2.24, 2.45) is 0 Å². The van der Waals surface area contributed by atoms with E-state index in [1.807, 2.05) is 0 Å². The number of hydrogen-bond acceptors (Lipinski definition) is 4. The van der Waals surface area contributed by atoms with Gasteiger partial charge in [-0.1, -0.05) is 11.2 Å². The molecular formula is C15H17N3O. The molecule has 2 aliphatic rings. The lowest BCUT2D eigenvalue weighted by Gasteiger charge is -2.02. The van der Waals surface area contributed by atoms with Crippen molar-refractivity contribution in [2.45, 2.75) is 38.1 Å². The molecule has 4 nitrogen and oxygen atoms in total. The molecule has 1 saturated heterocycles. The number of nitrogens with one attached hydrogen (secondary N) is 1. The Bertz CT molecular complexity index is 599. The molecule has 1 aromatic heterocycles. The van der Waals surface area contributed by atoms with Gasteiger partial charge in [-0.05, 0) is 61.9 Å². The van der Waals surface area contributed by atoms with Crippen molar-refractivity contribution in [1.29, 1.82) is 0 Å². The molecule has 1 aromatic carbocycles. The molecule has 1 N–H and O–H groups in total. The first-order valence-corrected chi connectivity index (χ1v) is 7.09. The maximum absolute atomic E-state index is 5.42. The van der Waals surface area contributed by atoms with Gasteiger partial charge in [0.05, 0.1) is 6.04 Å². The fraction of sp³-hybridized carbons (Fsp3) is 0.467. The number of aromatic nitrogens is 2. The smallest absolute Gasteiger partial charge is 0.257 e. The van der Waals surface area contributed by atoms with E-state index in [0.29, 0.717) is 5.89 Å². The van der Waals surface area contributed by atoms with Gasteiger partial charge in [-0.2, -0.15) is 4.98 Å². The Morgan fingerprint density at radius 2 is 2.11 bits per heavy atom. The molecule has 1 aliphatic heterocycles. The van der Waals surface area contributed by atoms with E-state index in [0.717, 1.165) is 24.4 Å². The van der Waals surface area contributed by atoms with Crippen molar-refractivity contribution >= 4 is 0 Å². The summed E-state index contributed by atoms with van der Waals surface area (Å²) in [6.07, 6.45) is 5.93. The third-order valence-electron chi connectivity index (χ3n) is 4.16. The molecule has 19 heavy (non-hydrogen) atoms. The summed E-state index contributed by atoms with van der Waals surface area (Å²) in [5.74, 6) is 1.45. The van der Waals surface area contributed by atoms with Crippen molar-refractivity contribution in [2.75, 3.05) is 6.54 Å². The summed E-state index contributed by atoms with van der Waals surface area (Å²) in [7, 11) is 0. The van der Waals surface area contributed by atoms with Crippen LogP contribution in [0.3, 0.4) is 0 Å². The van der Waals surface area contributed by atoms with E-state index >= 15 is 0 Å². The zero-order chi connectivity index (χ0) is 12.7. The highest BCUT2D eigenvalue weighted by molar-refractivity contribution is 5.56. The quantitative estimate of drug-likeness (QED) is 0.896. The van der Waals surface area contributed by atoms with Crippen LogP contribution in [0, 0.1) is 0 Å². The van der Waals surface area contributed by atoms with Gasteiger partial charge in [-0.15, -0.1) is 0 Å². The van der Waals surface area contributed by atoms with E-state index in [1.54, 1.807) is 0 Å². The third kappa shape index (κ3) is 1.96. The first-order valence-electron chi connectivity index (χ1n) is 7.09. The number of nitrogens with zero attached hydrogens (tertiary/aromatic N) is 2. The first-order chi connectivity index (χ1) is 9.40. The van der Waals surface area contributed by atoms with E-state index in [4.69, 9.17) is 4.52 Å². The standard InChI is InChI=1S/C15H17N3O/c1-3-10-6-7-12(9-11(10)4-1)15-17-14(18-19-15)13-5-2-8-16-13/h6-7,9,13,16H,1-5,8H2. The first kappa shape index (κ1) is 11.2. The van der Waals surface area contributed by atoms with Crippen LogP contribution in [-0.4, -0.2) is 16.7 Å². The van der Waals surface area contributed by atoms with Crippen LogP contribution in [-0.2, 0) is 12.8 Å².